The third-order valence-electron chi connectivity index (χ3n) is 3.92. The van der Waals surface area contributed by atoms with Gasteiger partial charge in [-0.2, -0.15) is 0 Å². The molecule has 6 nitrogen and oxygen atoms in total. The van der Waals surface area contributed by atoms with Crippen LogP contribution in [-0.2, 0) is 4.74 Å². The summed E-state index contributed by atoms with van der Waals surface area (Å²) in [5, 5.41) is 8.39. The molecule has 26 heavy (non-hydrogen) atoms. The van der Waals surface area contributed by atoms with Gasteiger partial charge in [-0.05, 0) is 36.4 Å². The number of carbonyl (C=O) groups is 2. The average Bonchev–Trinajstić information content (AvgIpc) is 3.11. The highest BCUT2D eigenvalue weighted by Gasteiger charge is 2.21. The molecule has 2 aromatic carbocycles. The molecule has 2 aliphatic rings. The Hall–Kier alpha value is -3.00. The van der Waals surface area contributed by atoms with Gasteiger partial charge >= 0.3 is 0 Å². The molecule has 132 valence electrons. The zero-order chi connectivity index (χ0) is 18.1. The number of fused-ring (bicyclic) bond motifs is 2. The predicted octanol–water partition coefficient (Wildman–Crippen LogP) is 2.69. The van der Waals surface area contributed by atoms with Gasteiger partial charge in [0.15, 0.2) is 6.73 Å². The molecule has 2 aromatic rings. The van der Waals surface area contributed by atoms with Gasteiger partial charge < -0.3 is 20.7 Å². The van der Waals surface area contributed by atoms with Gasteiger partial charge in [0, 0.05) is 21.6 Å². The number of carbonyl (C=O) groups excluding carboxylic acids is 2. The summed E-state index contributed by atoms with van der Waals surface area (Å²) in [7, 11) is 0. The highest BCUT2D eigenvalue weighted by molar-refractivity contribution is 7.99. The van der Waals surface area contributed by atoms with E-state index in [4.69, 9.17) is 4.74 Å². The Bertz CT molecular complexity index is 945. The van der Waals surface area contributed by atoms with E-state index in [1.807, 2.05) is 0 Å². The summed E-state index contributed by atoms with van der Waals surface area (Å²) in [4.78, 5) is 26.2. The first-order valence-electron chi connectivity index (χ1n) is 7.86. The predicted molar refractivity (Wildman–Crippen MR) is 94.4 cm³/mol. The van der Waals surface area contributed by atoms with Crippen LogP contribution in [0.4, 0.5) is 10.1 Å². The Morgan fingerprint density at radius 3 is 2.88 bits per heavy atom. The lowest BCUT2D eigenvalue weighted by Gasteiger charge is -2.10. The minimum absolute atomic E-state index is 0.273. The van der Waals surface area contributed by atoms with Gasteiger partial charge in [0.25, 0.3) is 11.8 Å². The summed E-state index contributed by atoms with van der Waals surface area (Å²) in [5.74, 6) is -0.506. The molecule has 3 N–H and O–H groups in total. The quantitative estimate of drug-likeness (QED) is 0.773. The Kier molecular flexibility index (Phi) is 4.26. The third-order valence-corrected chi connectivity index (χ3v) is 5.08. The molecule has 4 rings (SSSR count). The Morgan fingerprint density at radius 2 is 2.08 bits per heavy atom. The van der Waals surface area contributed by atoms with Crippen LogP contribution in [0.1, 0.15) is 20.7 Å². The molecule has 0 bridgehead atoms. The lowest BCUT2D eigenvalue weighted by atomic mass is 10.1. The molecule has 8 heteroatoms. The number of benzene rings is 2. The molecule has 0 unspecified atom stereocenters. The molecular weight excluding hydrogens is 357 g/mol. The van der Waals surface area contributed by atoms with Gasteiger partial charge in [-0.1, -0.05) is 11.8 Å². The highest BCUT2D eigenvalue weighted by Crippen LogP contribution is 2.39. The smallest absolute Gasteiger partial charge is 0.256 e. The molecule has 0 fully saturated rings. The zero-order valence-corrected chi connectivity index (χ0v) is 14.3. The molecule has 0 radical (unpaired) electrons. The third kappa shape index (κ3) is 3.23. The molecular formula is C18H14FN3O3S. The van der Waals surface area contributed by atoms with Gasteiger partial charge in [0.1, 0.15) is 11.6 Å². The molecule has 0 aromatic heterocycles. The van der Waals surface area contributed by atoms with E-state index in [1.165, 1.54) is 23.9 Å². The molecule has 2 heterocycles. The van der Waals surface area contributed by atoms with E-state index >= 15 is 0 Å². The monoisotopic (exact) mass is 371 g/mol. The van der Waals surface area contributed by atoms with Crippen molar-refractivity contribution in [3.63, 3.8) is 0 Å². The number of amides is 2. The fourth-order valence-corrected chi connectivity index (χ4v) is 3.63. The van der Waals surface area contributed by atoms with Gasteiger partial charge in [-0.15, -0.1) is 0 Å². The van der Waals surface area contributed by atoms with Crippen molar-refractivity contribution < 1.29 is 18.7 Å². The molecule has 0 aliphatic carbocycles. The number of nitrogens with one attached hydrogen (secondary N) is 3. The average molecular weight is 371 g/mol. The van der Waals surface area contributed by atoms with Crippen LogP contribution in [0.5, 0.6) is 0 Å². The fraction of sp³-hybridized carbons (Fsp3) is 0.111. The number of ether oxygens (including phenoxy) is 1. The van der Waals surface area contributed by atoms with E-state index in [1.54, 1.807) is 30.5 Å². The van der Waals surface area contributed by atoms with E-state index in [9.17, 15) is 14.0 Å². The van der Waals surface area contributed by atoms with Crippen molar-refractivity contribution in [2.24, 2.45) is 0 Å². The second kappa shape index (κ2) is 6.72. The maximum Gasteiger partial charge on any atom is 0.256 e. The Balaban J connectivity index is 1.56. The van der Waals surface area contributed by atoms with Crippen molar-refractivity contribution in [3.05, 3.63) is 65.3 Å². The van der Waals surface area contributed by atoms with Gasteiger partial charge in [-0.3, -0.25) is 9.59 Å². The lowest BCUT2D eigenvalue weighted by molar-refractivity contribution is 0.0947. The van der Waals surface area contributed by atoms with E-state index in [2.05, 4.69) is 16.0 Å². The minimum atomic E-state index is -0.469. The van der Waals surface area contributed by atoms with Crippen LogP contribution in [-0.4, -0.2) is 25.1 Å². The first-order chi connectivity index (χ1) is 12.6. The van der Waals surface area contributed by atoms with Crippen molar-refractivity contribution in [1.82, 2.24) is 10.6 Å². The van der Waals surface area contributed by atoms with Gasteiger partial charge in [0.2, 0.25) is 0 Å². The normalized spacial score (nSPS) is 14.8. The number of rotatable bonds is 3. The van der Waals surface area contributed by atoms with Gasteiger partial charge in [0.05, 0.1) is 17.8 Å². The van der Waals surface area contributed by atoms with E-state index in [0.717, 1.165) is 4.90 Å². The molecule has 0 spiro atoms. The minimum Gasteiger partial charge on any atom is -0.474 e. The van der Waals surface area contributed by atoms with Crippen LogP contribution < -0.4 is 16.0 Å². The van der Waals surface area contributed by atoms with Crippen molar-refractivity contribution >= 4 is 29.3 Å². The maximum absolute atomic E-state index is 13.5. The maximum atomic E-state index is 13.5. The Morgan fingerprint density at radius 1 is 1.23 bits per heavy atom. The lowest BCUT2D eigenvalue weighted by Crippen LogP contribution is -2.26. The SMILES string of the molecule is O=C(NCC1=CNCO1)c1ccc2c(c1)NC(=O)c1cc(F)ccc1S2. The van der Waals surface area contributed by atoms with Crippen LogP contribution in [0.3, 0.4) is 0 Å². The second-order valence-corrected chi connectivity index (χ2v) is 6.78. The topological polar surface area (TPSA) is 79.5 Å². The van der Waals surface area contributed by atoms with Crippen molar-refractivity contribution in [2.75, 3.05) is 18.6 Å². The molecule has 0 atom stereocenters. The first-order valence-corrected chi connectivity index (χ1v) is 8.68. The van der Waals surface area contributed by atoms with Crippen LogP contribution in [0, 0.1) is 5.82 Å². The number of anilines is 1. The van der Waals surface area contributed by atoms with Crippen LogP contribution in [0.15, 0.2) is 58.1 Å². The largest absolute Gasteiger partial charge is 0.474 e. The fourth-order valence-electron chi connectivity index (χ4n) is 2.64. The van der Waals surface area contributed by atoms with Crippen molar-refractivity contribution in [2.45, 2.75) is 9.79 Å². The Labute approximate surface area is 152 Å². The standard InChI is InChI=1S/C18H14FN3O3S/c19-11-2-4-15-13(6-11)18(24)22-14-5-10(1-3-16(14)26-15)17(23)21-8-12-7-20-9-25-12/h1-7,20H,8-9H2,(H,21,23)(H,22,24). The van der Waals surface area contributed by atoms with Crippen molar-refractivity contribution in [3.8, 4) is 0 Å². The van der Waals surface area contributed by atoms with E-state index in [-0.39, 0.29) is 18.0 Å². The van der Waals surface area contributed by atoms with Crippen LogP contribution in [0.25, 0.3) is 0 Å². The van der Waals surface area contributed by atoms with Crippen molar-refractivity contribution in [1.29, 1.82) is 0 Å². The summed E-state index contributed by atoms with van der Waals surface area (Å²) < 4.78 is 18.7. The molecule has 2 amide bonds. The van der Waals surface area contributed by atoms with E-state index in [0.29, 0.717) is 28.6 Å². The number of halogens is 1. The zero-order valence-electron chi connectivity index (χ0n) is 13.5. The van der Waals surface area contributed by atoms with Gasteiger partial charge in [-0.25, -0.2) is 4.39 Å². The second-order valence-electron chi connectivity index (χ2n) is 5.69. The molecule has 2 aliphatic heterocycles. The highest BCUT2D eigenvalue weighted by atomic mass is 32.2. The molecule has 0 saturated carbocycles. The summed E-state index contributed by atoms with van der Waals surface area (Å²) in [6, 6.07) is 9.17. The summed E-state index contributed by atoms with van der Waals surface area (Å²) >= 11 is 1.35. The number of hydrogen-bond acceptors (Lipinski definition) is 5. The number of hydrogen-bond donors (Lipinski definition) is 3. The summed E-state index contributed by atoms with van der Waals surface area (Å²) in [6.45, 7) is 0.670. The van der Waals surface area contributed by atoms with Crippen LogP contribution >= 0.6 is 11.8 Å². The molecule has 0 saturated heterocycles. The van der Waals surface area contributed by atoms with Crippen LogP contribution in [0.2, 0.25) is 0 Å². The first kappa shape index (κ1) is 16.5. The summed E-state index contributed by atoms with van der Waals surface area (Å²) in [5.41, 5.74) is 1.20. The summed E-state index contributed by atoms with van der Waals surface area (Å²) in [6.07, 6.45) is 1.70. The van der Waals surface area contributed by atoms with E-state index < -0.39 is 11.7 Å².